The van der Waals surface area contributed by atoms with E-state index in [1.165, 1.54) is 0 Å². The third kappa shape index (κ3) is 3.39. The number of hydrogen-bond donors (Lipinski definition) is 1. The molecule has 1 aliphatic heterocycles. The minimum Gasteiger partial charge on any atom is -0.454 e. The quantitative estimate of drug-likeness (QED) is 0.687. The van der Waals surface area contributed by atoms with Crippen molar-refractivity contribution in [1.29, 1.82) is 0 Å². The Kier molecular flexibility index (Phi) is 4.33. The smallest absolute Gasteiger partial charge is 0.338 e. The van der Waals surface area contributed by atoms with Gasteiger partial charge in [0.05, 0.1) is 11.1 Å². The molecule has 2 aromatic carbocycles. The molecular formula is C18H16N4O5. The molecule has 0 radical (unpaired) electrons. The Morgan fingerprint density at radius 3 is 2.89 bits per heavy atom. The number of anilines is 1. The van der Waals surface area contributed by atoms with E-state index in [1.54, 1.807) is 41.1 Å². The molecule has 1 aliphatic rings. The van der Waals surface area contributed by atoms with E-state index in [2.05, 4.69) is 15.6 Å². The molecule has 0 bridgehead atoms. The third-order valence-electron chi connectivity index (χ3n) is 4.04. The number of nitrogens with zero attached hydrogens (tertiary/aromatic N) is 3. The molecule has 1 amide bonds. The van der Waals surface area contributed by atoms with Crippen molar-refractivity contribution in [2.24, 2.45) is 0 Å². The number of rotatable bonds is 5. The van der Waals surface area contributed by atoms with E-state index in [9.17, 15) is 9.59 Å². The molecule has 0 unspecified atom stereocenters. The Bertz CT molecular complexity index is 1030. The number of amides is 1. The summed E-state index contributed by atoms with van der Waals surface area (Å²) in [7, 11) is 0. The normalized spacial score (nSPS) is 12.2. The van der Waals surface area contributed by atoms with Crippen LogP contribution in [0.4, 0.5) is 5.69 Å². The maximum absolute atomic E-state index is 12.2. The van der Waals surface area contributed by atoms with Crippen LogP contribution in [-0.2, 0) is 16.1 Å². The van der Waals surface area contributed by atoms with Gasteiger partial charge < -0.3 is 19.5 Å². The first-order valence-corrected chi connectivity index (χ1v) is 8.34. The molecule has 138 valence electrons. The van der Waals surface area contributed by atoms with Crippen LogP contribution < -0.4 is 14.8 Å². The van der Waals surface area contributed by atoms with Gasteiger partial charge >= 0.3 is 5.97 Å². The van der Waals surface area contributed by atoms with Gasteiger partial charge in [0.25, 0.3) is 5.91 Å². The number of benzene rings is 2. The van der Waals surface area contributed by atoms with Crippen molar-refractivity contribution in [3.8, 4) is 11.5 Å². The fourth-order valence-electron chi connectivity index (χ4n) is 2.72. The lowest BCUT2D eigenvalue weighted by atomic mass is 10.2. The van der Waals surface area contributed by atoms with Gasteiger partial charge in [-0.1, -0.05) is 5.21 Å². The Hall–Kier alpha value is -3.62. The summed E-state index contributed by atoms with van der Waals surface area (Å²) in [5.74, 6) is 0.108. The number of fused-ring (bicyclic) bond motifs is 2. The van der Waals surface area contributed by atoms with Gasteiger partial charge in [-0.2, -0.15) is 0 Å². The molecule has 0 spiro atoms. The van der Waals surface area contributed by atoms with E-state index in [0.717, 1.165) is 5.52 Å². The van der Waals surface area contributed by atoms with Gasteiger partial charge in [0, 0.05) is 18.3 Å². The first-order valence-electron chi connectivity index (χ1n) is 8.34. The van der Waals surface area contributed by atoms with Gasteiger partial charge in [-0.3, -0.25) is 4.79 Å². The number of carbonyl (C=O) groups excluding carboxylic acids is 2. The highest BCUT2D eigenvalue weighted by Crippen LogP contribution is 2.34. The fraction of sp³-hybridized carbons (Fsp3) is 0.222. The van der Waals surface area contributed by atoms with Gasteiger partial charge in [-0.15, -0.1) is 5.10 Å². The van der Waals surface area contributed by atoms with Crippen LogP contribution in [0.25, 0.3) is 11.0 Å². The summed E-state index contributed by atoms with van der Waals surface area (Å²) in [6.45, 7) is 2.38. The Morgan fingerprint density at radius 1 is 1.19 bits per heavy atom. The molecule has 0 fully saturated rings. The minimum absolute atomic E-state index is 0.153. The van der Waals surface area contributed by atoms with E-state index in [0.29, 0.717) is 34.8 Å². The Balaban J connectivity index is 1.36. The summed E-state index contributed by atoms with van der Waals surface area (Å²) in [5, 5.41) is 10.6. The van der Waals surface area contributed by atoms with Crippen LogP contribution in [0.3, 0.4) is 0 Å². The first kappa shape index (κ1) is 16.8. The van der Waals surface area contributed by atoms with Crippen LogP contribution in [0, 0.1) is 0 Å². The maximum Gasteiger partial charge on any atom is 0.338 e. The van der Waals surface area contributed by atoms with Crippen molar-refractivity contribution >= 4 is 28.6 Å². The number of aromatic nitrogens is 3. The van der Waals surface area contributed by atoms with Crippen LogP contribution in [-0.4, -0.2) is 40.3 Å². The zero-order valence-electron chi connectivity index (χ0n) is 14.5. The molecule has 4 rings (SSSR count). The largest absolute Gasteiger partial charge is 0.454 e. The Labute approximate surface area is 153 Å². The first-order chi connectivity index (χ1) is 13.1. The number of esters is 1. The van der Waals surface area contributed by atoms with E-state index in [-0.39, 0.29) is 6.79 Å². The zero-order chi connectivity index (χ0) is 18.8. The van der Waals surface area contributed by atoms with E-state index in [1.807, 2.05) is 6.92 Å². The van der Waals surface area contributed by atoms with Crippen molar-refractivity contribution in [2.45, 2.75) is 13.5 Å². The molecule has 1 N–H and O–H groups in total. The van der Waals surface area contributed by atoms with Crippen molar-refractivity contribution in [2.75, 3.05) is 18.7 Å². The lowest BCUT2D eigenvalue weighted by molar-refractivity contribution is -0.119. The van der Waals surface area contributed by atoms with E-state index >= 15 is 0 Å². The highest BCUT2D eigenvalue weighted by atomic mass is 16.7. The SMILES string of the molecule is CCn1nnc2cc(C(=O)OCC(=O)Nc3ccc4c(c3)OCO4)ccc21. The highest BCUT2D eigenvalue weighted by Gasteiger charge is 2.16. The average molecular weight is 368 g/mol. The predicted molar refractivity (Wildman–Crippen MR) is 94.7 cm³/mol. The second-order valence-corrected chi connectivity index (χ2v) is 5.80. The topological polar surface area (TPSA) is 105 Å². The van der Waals surface area contributed by atoms with Crippen molar-refractivity contribution in [3.63, 3.8) is 0 Å². The molecule has 0 saturated heterocycles. The predicted octanol–water partition coefficient (Wildman–Crippen LogP) is 1.98. The molecule has 0 aliphatic carbocycles. The summed E-state index contributed by atoms with van der Waals surface area (Å²) in [6.07, 6.45) is 0. The van der Waals surface area contributed by atoms with Crippen LogP contribution in [0.15, 0.2) is 36.4 Å². The second-order valence-electron chi connectivity index (χ2n) is 5.80. The maximum atomic E-state index is 12.2. The van der Waals surface area contributed by atoms with Gasteiger partial charge in [0.1, 0.15) is 5.52 Å². The molecule has 0 saturated carbocycles. The standard InChI is InChI=1S/C18H16N4O5/c1-2-22-14-5-3-11(7-13(14)20-21-22)18(24)25-9-17(23)19-12-4-6-15-16(8-12)27-10-26-15/h3-8H,2,9-10H2,1H3,(H,19,23). The monoisotopic (exact) mass is 368 g/mol. The molecule has 27 heavy (non-hydrogen) atoms. The lowest BCUT2D eigenvalue weighted by Crippen LogP contribution is -2.20. The fourth-order valence-corrected chi connectivity index (χ4v) is 2.72. The molecule has 2 heterocycles. The summed E-state index contributed by atoms with van der Waals surface area (Å²) in [5.41, 5.74) is 2.25. The summed E-state index contributed by atoms with van der Waals surface area (Å²) in [6, 6.07) is 9.98. The molecule has 0 atom stereocenters. The van der Waals surface area contributed by atoms with Crippen LogP contribution in [0.5, 0.6) is 11.5 Å². The van der Waals surface area contributed by atoms with Crippen molar-refractivity contribution in [3.05, 3.63) is 42.0 Å². The van der Waals surface area contributed by atoms with Gasteiger partial charge in [-0.25, -0.2) is 9.48 Å². The van der Waals surface area contributed by atoms with E-state index < -0.39 is 18.5 Å². The van der Waals surface area contributed by atoms with Crippen molar-refractivity contribution in [1.82, 2.24) is 15.0 Å². The molecule has 9 nitrogen and oxygen atoms in total. The summed E-state index contributed by atoms with van der Waals surface area (Å²) in [4.78, 5) is 24.2. The van der Waals surface area contributed by atoms with Crippen molar-refractivity contribution < 1.29 is 23.8 Å². The van der Waals surface area contributed by atoms with Crippen LogP contribution in [0.2, 0.25) is 0 Å². The third-order valence-corrected chi connectivity index (χ3v) is 4.04. The highest BCUT2D eigenvalue weighted by molar-refractivity contribution is 5.97. The number of aryl methyl sites for hydroxylation is 1. The van der Waals surface area contributed by atoms with Crippen LogP contribution in [0.1, 0.15) is 17.3 Å². The number of ether oxygens (including phenoxy) is 3. The number of nitrogens with one attached hydrogen (secondary N) is 1. The molecule has 9 heteroatoms. The van der Waals surface area contributed by atoms with Gasteiger partial charge in [0.15, 0.2) is 18.1 Å². The average Bonchev–Trinajstić information content (AvgIpc) is 3.31. The van der Waals surface area contributed by atoms with Crippen LogP contribution >= 0.6 is 0 Å². The van der Waals surface area contributed by atoms with E-state index in [4.69, 9.17) is 14.2 Å². The van der Waals surface area contributed by atoms with Gasteiger partial charge in [-0.05, 0) is 37.3 Å². The minimum atomic E-state index is -0.608. The zero-order valence-corrected chi connectivity index (χ0v) is 14.5. The summed E-state index contributed by atoms with van der Waals surface area (Å²) < 4.78 is 17.3. The summed E-state index contributed by atoms with van der Waals surface area (Å²) >= 11 is 0. The van der Waals surface area contributed by atoms with Gasteiger partial charge in [0.2, 0.25) is 6.79 Å². The molecule has 3 aromatic rings. The molecule has 1 aromatic heterocycles. The Morgan fingerprint density at radius 2 is 2.04 bits per heavy atom. The number of hydrogen-bond acceptors (Lipinski definition) is 7. The number of carbonyl (C=O) groups is 2. The molecular weight excluding hydrogens is 352 g/mol. The second kappa shape index (κ2) is 6.94. The lowest BCUT2D eigenvalue weighted by Gasteiger charge is -2.07.